The van der Waals surface area contributed by atoms with Gasteiger partial charge in [0.2, 0.25) is 0 Å². The first kappa shape index (κ1) is 36.4. The number of H-pyrrole nitrogens is 2. The zero-order valence-corrected chi connectivity index (χ0v) is 31.2. The summed E-state index contributed by atoms with van der Waals surface area (Å²) in [7, 11) is 0. The molecule has 6 rings (SSSR count). The number of amides is 2. The summed E-state index contributed by atoms with van der Waals surface area (Å²) in [6, 6.07) is 14.7. The fourth-order valence-corrected chi connectivity index (χ4v) is 6.87. The molecule has 11 heteroatoms. The number of nitrogens with one attached hydrogen (secondary N) is 2. The predicted octanol–water partition coefficient (Wildman–Crippen LogP) is 9.05. The van der Waals surface area contributed by atoms with E-state index in [9.17, 15) is 14.9 Å². The Balaban J connectivity index is 1.11. The fourth-order valence-electron chi connectivity index (χ4n) is 6.87. The summed E-state index contributed by atoms with van der Waals surface area (Å²) in [4.78, 5) is 45.3. The normalized spacial score (nSPS) is 19.8. The Kier molecular flexibility index (Phi) is 10.3. The third-order valence-corrected chi connectivity index (χ3v) is 9.30. The zero-order valence-electron chi connectivity index (χ0n) is 31.2. The van der Waals surface area contributed by atoms with Crippen molar-refractivity contribution < 1.29 is 19.1 Å². The van der Waals surface area contributed by atoms with E-state index in [0.717, 1.165) is 57.5 Å². The lowest BCUT2D eigenvalue weighted by molar-refractivity contribution is 0.0207. The average molecular weight is 704 g/mol. The van der Waals surface area contributed by atoms with E-state index in [1.807, 2.05) is 54.7 Å². The number of likely N-dealkylation sites (tertiary alicyclic amines) is 2. The number of fused-ring (bicyclic) bond motifs is 1. The highest BCUT2D eigenvalue weighted by Gasteiger charge is 2.40. The van der Waals surface area contributed by atoms with Crippen LogP contribution in [0.3, 0.4) is 0 Å². The first-order valence-electron chi connectivity index (χ1n) is 18.1. The monoisotopic (exact) mass is 703 g/mol. The van der Waals surface area contributed by atoms with Crippen LogP contribution in [0.2, 0.25) is 0 Å². The van der Waals surface area contributed by atoms with Gasteiger partial charge in [-0.1, -0.05) is 42.5 Å². The van der Waals surface area contributed by atoms with Crippen LogP contribution in [0, 0.1) is 17.2 Å². The Bertz CT molecular complexity index is 2040. The molecule has 0 aliphatic carbocycles. The molecule has 2 aliphatic rings. The number of hydrogen-bond acceptors (Lipinski definition) is 7. The smallest absolute Gasteiger partial charge is 0.410 e. The maximum Gasteiger partial charge on any atom is 0.410 e. The van der Waals surface area contributed by atoms with Crippen LogP contribution in [0.4, 0.5) is 9.59 Å². The molecule has 2 N–H and O–H groups in total. The molecule has 2 fully saturated rings. The van der Waals surface area contributed by atoms with Crippen molar-refractivity contribution in [2.75, 3.05) is 13.1 Å². The van der Waals surface area contributed by atoms with E-state index < -0.39 is 17.3 Å². The summed E-state index contributed by atoms with van der Waals surface area (Å²) in [5.74, 6) is 1.17. The second kappa shape index (κ2) is 14.7. The average Bonchev–Trinajstić information content (AvgIpc) is 3.90. The number of hydrogen-bond donors (Lipinski definition) is 2. The first-order valence-corrected chi connectivity index (χ1v) is 18.1. The van der Waals surface area contributed by atoms with E-state index in [1.54, 1.807) is 16.0 Å². The Morgan fingerprint density at radius 1 is 0.923 bits per heavy atom. The van der Waals surface area contributed by atoms with Crippen molar-refractivity contribution in [2.24, 2.45) is 5.92 Å². The minimum absolute atomic E-state index is 0.131. The number of carbonyl (C=O) groups excluding carboxylic acids is 2. The SMILES string of the molecule is CC=C(C=CCc1cnc(C2CC(C#N)CN2C(=O)OC(C)(C)C)[nH]1)c1ccc2cc(-c3cnc(C4CCCN4C(=O)OC(C)(C)C)[nH]3)ccc2c1. The van der Waals surface area contributed by atoms with Gasteiger partial charge in [0.1, 0.15) is 22.9 Å². The summed E-state index contributed by atoms with van der Waals surface area (Å²) in [5.41, 5.74) is 3.89. The van der Waals surface area contributed by atoms with Crippen LogP contribution in [0.5, 0.6) is 0 Å². The van der Waals surface area contributed by atoms with Gasteiger partial charge in [0.05, 0.1) is 36.0 Å². The molecule has 11 nitrogen and oxygen atoms in total. The molecule has 0 radical (unpaired) electrons. The zero-order chi connectivity index (χ0) is 37.2. The summed E-state index contributed by atoms with van der Waals surface area (Å²) < 4.78 is 11.3. The van der Waals surface area contributed by atoms with Crippen molar-refractivity contribution in [3.8, 4) is 17.3 Å². The number of benzene rings is 2. The molecule has 3 atom stereocenters. The van der Waals surface area contributed by atoms with Crippen LogP contribution in [0.1, 0.15) is 103 Å². The Labute approximate surface area is 305 Å². The topological polar surface area (TPSA) is 140 Å². The van der Waals surface area contributed by atoms with E-state index in [2.05, 4.69) is 80.6 Å². The first-order chi connectivity index (χ1) is 24.7. The van der Waals surface area contributed by atoms with E-state index in [1.165, 1.54) is 0 Å². The molecular formula is C41H49N7O4. The highest BCUT2D eigenvalue weighted by Crippen LogP contribution is 2.36. The molecule has 2 aliphatic heterocycles. The second-order valence-corrected chi connectivity index (χ2v) is 15.6. The van der Waals surface area contributed by atoms with E-state index >= 15 is 0 Å². The maximum atomic E-state index is 12.9. The number of carbonyl (C=O) groups is 2. The van der Waals surface area contributed by atoms with Crippen molar-refractivity contribution in [3.63, 3.8) is 0 Å². The lowest BCUT2D eigenvalue weighted by Crippen LogP contribution is -2.37. The molecule has 0 saturated carbocycles. The van der Waals surface area contributed by atoms with Gasteiger partial charge in [-0.2, -0.15) is 5.26 Å². The summed E-state index contributed by atoms with van der Waals surface area (Å²) in [6.07, 6.45) is 12.1. The number of aromatic nitrogens is 4. The van der Waals surface area contributed by atoms with Gasteiger partial charge in [-0.15, -0.1) is 0 Å². The van der Waals surface area contributed by atoms with Crippen LogP contribution in [0.15, 0.2) is 67.0 Å². The van der Waals surface area contributed by atoms with Crippen LogP contribution in [-0.4, -0.2) is 66.2 Å². The van der Waals surface area contributed by atoms with Crippen molar-refractivity contribution in [2.45, 2.75) is 97.4 Å². The van der Waals surface area contributed by atoms with Gasteiger partial charge in [0.15, 0.2) is 0 Å². The molecule has 2 aromatic heterocycles. The van der Waals surface area contributed by atoms with Crippen LogP contribution in [0.25, 0.3) is 27.6 Å². The highest BCUT2D eigenvalue weighted by atomic mass is 16.6. The third kappa shape index (κ3) is 8.39. The van der Waals surface area contributed by atoms with E-state index in [0.29, 0.717) is 31.8 Å². The fraction of sp³-hybridized carbons (Fsp3) is 0.439. The number of imidazole rings is 2. The molecule has 3 unspecified atom stereocenters. The number of aromatic amines is 2. The van der Waals surface area contributed by atoms with Crippen LogP contribution in [-0.2, 0) is 15.9 Å². The highest BCUT2D eigenvalue weighted by molar-refractivity contribution is 5.90. The predicted molar refractivity (Wildman–Crippen MR) is 201 cm³/mol. The quantitative estimate of drug-likeness (QED) is 0.183. The minimum atomic E-state index is -0.626. The van der Waals surface area contributed by atoms with Crippen LogP contribution >= 0.6 is 0 Å². The van der Waals surface area contributed by atoms with Gasteiger partial charge in [-0.25, -0.2) is 19.6 Å². The molecular weight excluding hydrogens is 654 g/mol. The van der Waals surface area contributed by atoms with Crippen LogP contribution < -0.4 is 0 Å². The lowest BCUT2D eigenvalue weighted by atomic mass is 9.98. The van der Waals surface area contributed by atoms with Crippen molar-refractivity contribution in [1.82, 2.24) is 29.7 Å². The Morgan fingerprint density at radius 2 is 1.60 bits per heavy atom. The molecule has 52 heavy (non-hydrogen) atoms. The van der Waals surface area contributed by atoms with Crippen molar-refractivity contribution in [3.05, 3.63) is 89.9 Å². The van der Waals surface area contributed by atoms with Crippen molar-refractivity contribution >= 4 is 28.5 Å². The second-order valence-electron chi connectivity index (χ2n) is 15.6. The molecule has 2 amide bonds. The van der Waals surface area contributed by atoms with Gasteiger partial charge in [-0.3, -0.25) is 9.80 Å². The molecule has 2 saturated heterocycles. The maximum absolute atomic E-state index is 12.9. The summed E-state index contributed by atoms with van der Waals surface area (Å²) in [6.45, 7) is 14.2. The molecule has 4 heterocycles. The number of ether oxygens (including phenoxy) is 2. The van der Waals surface area contributed by atoms with Crippen molar-refractivity contribution in [1.29, 1.82) is 5.26 Å². The van der Waals surface area contributed by atoms with E-state index in [-0.39, 0.29) is 24.1 Å². The number of rotatable bonds is 7. The Morgan fingerprint density at radius 3 is 2.31 bits per heavy atom. The summed E-state index contributed by atoms with van der Waals surface area (Å²) >= 11 is 0. The Hall–Kier alpha value is -5.37. The lowest BCUT2D eigenvalue weighted by Gasteiger charge is -2.27. The number of nitriles is 1. The molecule has 272 valence electrons. The van der Waals surface area contributed by atoms with Gasteiger partial charge in [0, 0.05) is 37.0 Å². The van der Waals surface area contributed by atoms with Gasteiger partial charge < -0.3 is 19.4 Å². The molecule has 4 aromatic rings. The minimum Gasteiger partial charge on any atom is -0.444 e. The largest absolute Gasteiger partial charge is 0.444 e. The van der Waals surface area contributed by atoms with Gasteiger partial charge in [-0.05, 0) is 102 Å². The summed E-state index contributed by atoms with van der Waals surface area (Å²) in [5, 5.41) is 11.8. The number of nitrogens with zero attached hydrogens (tertiary/aromatic N) is 5. The van der Waals surface area contributed by atoms with Gasteiger partial charge >= 0.3 is 12.2 Å². The third-order valence-electron chi connectivity index (χ3n) is 9.30. The number of allylic oxidation sites excluding steroid dienone is 4. The van der Waals surface area contributed by atoms with E-state index in [4.69, 9.17) is 9.47 Å². The molecule has 0 bridgehead atoms. The van der Waals surface area contributed by atoms with Gasteiger partial charge in [0.25, 0.3) is 0 Å². The standard InChI is InChI=1S/C41H49N7O4/c1-8-27(11-9-12-32-23-43-37(45-32)35-19-26(22-42)25-48(35)39(50)52-41(5,6)7)28-14-15-30-21-31(17-16-29(30)20-28)33-24-44-36(46-33)34-13-10-18-47(34)38(49)51-40(2,3)4/h8-9,11,14-17,20-21,23-24,26,34-35H,10,12-13,18-19,25H2,1-7H3,(H,43,45)(H,44,46). The molecule has 2 aromatic carbocycles. The molecule has 0 spiro atoms.